The molecule has 7 unspecified atom stereocenters. The lowest BCUT2D eigenvalue weighted by molar-refractivity contribution is 0.115. The number of aromatic nitrogens is 1. The second-order valence-electron chi connectivity index (χ2n) is 10.8. The minimum absolute atomic E-state index is 0.0804. The third-order valence-corrected chi connectivity index (χ3v) is 9.18. The second-order valence-corrected chi connectivity index (χ2v) is 10.8. The van der Waals surface area contributed by atoms with Crippen molar-refractivity contribution in [2.24, 2.45) is 23.2 Å². The predicted octanol–water partition coefficient (Wildman–Crippen LogP) is 5.53. The molecule has 0 bridgehead atoms. The van der Waals surface area contributed by atoms with E-state index in [0.717, 1.165) is 37.5 Å². The average Bonchev–Trinajstić information content (AvgIpc) is 2.91. The molecule has 4 aliphatic carbocycles. The van der Waals surface area contributed by atoms with Crippen molar-refractivity contribution in [1.82, 2.24) is 4.98 Å². The third-order valence-electron chi connectivity index (χ3n) is 9.18. The van der Waals surface area contributed by atoms with E-state index in [2.05, 4.69) is 48.3 Å². The summed E-state index contributed by atoms with van der Waals surface area (Å²) >= 11 is 0. The van der Waals surface area contributed by atoms with Crippen molar-refractivity contribution in [3.05, 3.63) is 65.5 Å². The van der Waals surface area contributed by atoms with E-state index in [-0.39, 0.29) is 23.5 Å². The van der Waals surface area contributed by atoms with Gasteiger partial charge in [0.05, 0.1) is 12.2 Å². The Kier molecular flexibility index (Phi) is 4.63. The van der Waals surface area contributed by atoms with Gasteiger partial charge in [0.2, 0.25) is 0 Å². The first-order valence-corrected chi connectivity index (χ1v) is 12.1. The van der Waals surface area contributed by atoms with Crippen LogP contribution < -0.4 is 0 Å². The Balaban J connectivity index is 1.36. The van der Waals surface area contributed by atoms with Crippen LogP contribution >= 0.6 is 0 Å². The summed E-state index contributed by atoms with van der Waals surface area (Å²) in [6.45, 7) is 2.42. The normalized spacial score (nSPS) is 39.7. The first-order chi connectivity index (χ1) is 15.0. The van der Waals surface area contributed by atoms with Gasteiger partial charge >= 0.3 is 0 Å². The highest BCUT2D eigenvalue weighted by molar-refractivity contribution is 5.82. The van der Waals surface area contributed by atoms with Crippen LogP contribution in [0.1, 0.15) is 63.4 Å². The topological polar surface area (TPSA) is 53.4 Å². The van der Waals surface area contributed by atoms with E-state index in [0.29, 0.717) is 17.8 Å². The van der Waals surface area contributed by atoms with Gasteiger partial charge in [0, 0.05) is 23.7 Å². The largest absolute Gasteiger partial charge is 0.393 e. The molecule has 4 aliphatic rings. The van der Waals surface area contributed by atoms with Crippen LogP contribution in [0, 0.1) is 23.2 Å². The third kappa shape index (κ3) is 3.12. The maximum absolute atomic E-state index is 11.3. The number of aliphatic hydroxyl groups is 2. The molecular formula is C28H33NO2. The van der Waals surface area contributed by atoms with Gasteiger partial charge in [-0.3, -0.25) is 4.98 Å². The van der Waals surface area contributed by atoms with Crippen LogP contribution in [0.4, 0.5) is 0 Å². The van der Waals surface area contributed by atoms with Crippen LogP contribution in [0.3, 0.4) is 0 Å². The number of fused-ring (bicyclic) bond motifs is 5. The van der Waals surface area contributed by atoms with Gasteiger partial charge in [-0.05, 0) is 96.8 Å². The summed E-state index contributed by atoms with van der Waals surface area (Å²) in [6.07, 6.45) is 15.5. The van der Waals surface area contributed by atoms with Crippen LogP contribution in [0.5, 0.6) is 0 Å². The Morgan fingerprint density at radius 3 is 2.81 bits per heavy atom. The standard InChI is InChI=1S/C28H33NO2/c1-28-10-8-19-12-21-14-23(30)6-4-17(21)5-7-24(19)25(28)15-26(31)27(28)20-3-2-18-9-11-29-16-22(18)13-20/h2-3,8-9,11-13,16-17,23-27,30-31H,4-7,10,14-15H2,1H3. The summed E-state index contributed by atoms with van der Waals surface area (Å²) in [6, 6.07) is 8.73. The summed E-state index contributed by atoms with van der Waals surface area (Å²) in [4.78, 5) is 4.31. The molecule has 31 heavy (non-hydrogen) atoms. The summed E-state index contributed by atoms with van der Waals surface area (Å²) in [5.74, 6) is 1.87. The zero-order valence-electron chi connectivity index (χ0n) is 18.4. The zero-order chi connectivity index (χ0) is 21.2. The van der Waals surface area contributed by atoms with Gasteiger partial charge in [0.1, 0.15) is 0 Å². The first kappa shape index (κ1) is 19.7. The lowest BCUT2D eigenvalue weighted by atomic mass is 9.60. The number of rotatable bonds is 1. The van der Waals surface area contributed by atoms with Crippen molar-refractivity contribution in [2.75, 3.05) is 0 Å². The number of benzene rings is 1. The monoisotopic (exact) mass is 415 g/mol. The van der Waals surface area contributed by atoms with Gasteiger partial charge in [0.15, 0.2) is 0 Å². The molecule has 1 heterocycles. The second kappa shape index (κ2) is 7.28. The van der Waals surface area contributed by atoms with Crippen molar-refractivity contribution in [1.29, 1.82) is 0 Å². The SMILES string of the molecule is CC12CC=C3C=C4CC(O)CCC4CCC3C1CC(O)C2c1ccc2ccncc2c1. The molecular weight excluding hydrogens is 382 g/mol. The van der Waals surface area contributed by atoms with Crippen LogP contribution in [-0.2, 0) is 0 Å². The van der Waals surface area contributed by atoms with Gasteiger partial charge in [-0.1, -0.05) is 36.8 Å². The van der Waals surface area contributed by atoms with Crippen molar-refractivity contribution >= 4 is 10.8 Å². The summed E-state index contributed by atoms with van der Waals surface area (Å²) in [5, 5.41) is 23.9. The molecule has 3 heteroatoms. The molecule has 0 saturated heterocycles. The van der Waals surface area contributed by atoms with Gasteiger partial charge < -0.3 is 10.2 Å². The molecule has 3 nitrogen and oxygen atoms in total. The van der Waals surface area contributed by atoms with E-state index >= 15 is 0 Å². The summed E-state index contributed by atoms with van der Waals surface area (Å²) < 4.78 is 0. The number of allylic oxidation sites excluding steroid dienone is 3. The minimum Gasteiger partial charge on any atom is -0.393 e. The Labute approximate surface area is 184 Å². The molecule has 0 amide bonds. The first-order valence-electron chi connectivity index (χ1n) is 12.1. The molecule has 2 fully saturated rings. The van der Waals surface area contributed by atoms with E-state index in [4.69, 9.17) is 0 Å². The van der Waals surface area contributed by atoms with Gasteiger partial charge in [-0.15, -0.1) is 0 Å². The van der Waals surface area contributed by atoms with Gasteiger partial charge in [-0.2, -0.15) is 0 Å². The number of pyridine rings is 1. The van der Waals surface area contributed by atoms with Crippen molar-refractivity contribution in [3.8, 4) is 0 Å². The van der Waals surface area contributed by atoms with E-state index in [1.807, 2.05) is 12.4 Å². The predicted molar refractivity (Wildman–Crippen MR) is 124 cm³/mol. The van der Waals surface area contributed by atoms with Crippen molar-refractivity contribution in [2.45, 2.75) is 70.0 Å². The zero-order valence-corrected chi connectivity index (χ0v) is 18.4. The molecule has 1 aromatic heterocycles. The quantitative estimate of drug-likeness (QED) is 0.644. The maximum atomic E-state index is 11.3. The van der Waals surface area contributed by atoms with Crippen molar-refractivity contribution in [3.63, 3.8) is 0 Å². The molecule has 162 valence electrons. The van der Waals surface area contributed by atoms with Crippen LogP contribution in [-0.4, -0.2) is 27.4 Å². The highest BCUT2D eigenvalue weighted by Gasteiger charge is 2.56. The number of nitrogens with zero attached hydrogens (tertiary/aromatic N) is 1. The molecule has 7 atom stereocenters. The Morgan fingerprint density at radius 2 is 1.90 bits per heavy atom. The maximum Gasteiger partial charge on any atom is 0.0617 e. The highest BCUT2D eigenvalue weighted by atomic mass is 16.3. The number of aliphatic hydroxyl groups excluding tert-OH is 2. The fraction of sp³-hybridized carbons (Fsp3) is 0.536. The minimum atomic E-state index is -0.295. The van der Waals surface area contributed by atoms with Gasteiger partial charge in [-0.25, -0.2) is 0 Å². The molecule has 6 rings (SSSR count). The Bertz CT molecular complexity index is 1070. The summed E-state index contributed by atoms with van der Waals surface area (Å²) in [5.41, 5.74) is 4.31. The lowest BCUT2D eigenvalue weighted by Crippen LogP contribution is -2.36. The Morgan fingerprint density at radius 1 is 1.03 bits per heavy atom. The van der Waals surface area contributed by atoms with E-state index < -0.39 is 0 Å². The smallest absolute Gasteiger partial charge is 0.0617 e. The van der Waals surface area contributed by atoms with Gasteiger partial charge in [0.25, 0.3) is 0 Å². The molecule has 2 N–H and O–H groups in total. The van der Waals surface area contributed by atoms with Crippen molar-refractivity contribution < 1.29 is 10.2 Å². The fourth-order valence-corrected chi connectivity index (χ4v) is 7.61. The summed E-state index contributed by atoms with van der Waals surface area (Å²) in [7, 11) is 0. The van der Waals surface area contributed by atoms with Crippen LogP contribution in [0.2, 0.25) is 0 Å². The molecule has 1 aromatic carbocycles. The average molecular weight is 416 g/mol. The molecule has 0 spiro atoms. The molecule has 0 aliphatic heterocycles. The molecule has 2 saturated carbocycles. The van der Waals surface area contributed by atoms with Crippen LogP contribution in [0.25, 0.3) is 10.8 Å². The van der Waals surface area contributed by atoms with E-state index in [1.165, 1.54) is 34.9 Å². The molecule has 2 aromatic rings. The fourth-order valence-electron chi connectivity index (χ4n) is 7.61. The number of hydrogen-bond acceptors (Lipinski definition) is 3. The van der Waals surface area contributed by atoms with E-state index in [9.17, 15) is 10.2 Å². The Hall–Kier alpha value is -1.97. The van der Waals surface area contributed by atoms with Crippen LogP contribution in [0.15, 0.2) is 60.0 Å². The highest BCUT2D eigenvalue weighted by Crippen LogP contribution is 2.62. The molecule has 0 radical (unpaired) electrons. The van der Waals surface area contributed by atoms with E-state index in [1.54, 1.807) is 0 Å². The number of hydrogen-bond donors (Lipinski definition) is 2. The lowest BCUT2D eigenvalue weighted by Gasteiger charge is -2.44.